The van der Waals surface area contributed by atoms with E-state index in [-0.39, 0.29) is 5.56 Å². The van der Waals surface area contributed by atoms with Crippen molar-refractivity contribution in [1.29, 1.82) is 0 Å². The van der Waals surface area contributed by atoms with E-state index in [1.807, 2.05) is 0 Å². The maximum atomic E-state index is 15.5. The summed E-state index contributed by atoms with van der Waals surface area (Å²) in [7, 11) is 6.25. The van der Waals surface area contributed by atoms with Crippen LogP contribution in [0.1, 0.15) is 5.56 Å². The van der Waals surface area contributed by atoms with Crippen LogP contribution in [0.15, 0.2) is 30.8 Å². The molecule has 0 atom stereocenters. The van der Waals surface area contributed by atoms with E-state index in [1.54, 1.807) is 0 Å². The van der Waals surface area contributed by atoms with Crippen LogP contribution < -0.4 is 26.8 Å². The average molecular weight is 675 g/mol. The fraction of sp³-hybridized carbons (Fsp3) is 0.103. The van der Waals surface area contributed by atoms with Gasteiger partial charge in [-0.1, -0.05) is 36.9 Å². The predicted octanol–water partition coefficient (Wildman–Crippen LogP) is 4.55. The van der Waals surface area contributed by atoms with Crippen LogP contribution in [-0.4, -0.2) is 27.3 Å². The molecule has 0 aliphatic heterocycles. The molecule has 0 aromatic heterocycles. The summed E-state index contributed by atoms with van der Waals surface area (Å²) in [5.74, 6) is -45.7. The van der Waals surface area contributed by atoms with Crippen LogP contribution in [0.4, 0.5) is 65.9 Å². The highest BCUT2D eigenvalue weighted by molar-refractivity contribution is 7.20. The van der Waals surface area contributed by atoms with Gasteiger partial charge in [-0.2, -0.15) is 5.46 Å². The van der Waals surface area contributed by atoms with E-state index in [4.69, 9.17) is 0 Å². The molecule has 0 heterocycles. The zero-order valence-corrected chi connectivity index (χ0v) is 23.3. The van der Waals surface area contributed by atoms with Crippen molar-refractivity contribution in [2.45, 2.75) is 0 Å². The molecule has 17 heteroatoms. The Labute approximate surface area is 250 Å². The van der Waals surface area contributed by atoms with Crippen LogP contribution in [0, 0.1) is 87.3 Å². The summed E-state index contributed by atoms with van der Waals surface area (Å²) in [6.45, 7) is 3.25. The van der Waals surface area contributed by atoms with Gasteiger partial charge in [-0.05, 0) is 5.56 Å². The van der Waals surface area contributed by atoms with Crippen LogP contribution in [0.25, 0.3) is 6.08 Å². The zero-order chi connectivity index (χ0) is 35.2. The second-order valence-electron chi connectivity index (χ2n) is 10.2. The minimum absolute atomic E-state index is 0.352. The molecule has 0 saturated carbocycles. The van der Waals surface area contributed by atoms with Crippen molar-refractivity contribution in [3.05, 3.63) is 124 Å². The van der Waals surface area contributed by atoms with Crippen molar-refractivity contribution in [1.82, 2.24) is 0 Å². The first-order valence-electron chi connectivity index (χ1n) is 12.5. The molecular weight excluding hydrogens is 658 g/mol. The minimum atomic E-state index is -5.79. The van der Waals surface area contributed by atoms with E-state index in [0.717, 1.165) is 18.2 Å². The number of hydrogen-bond donors (Lipinski definition) is 1. The van der Waals surface area contributed by atoms with Gasteiger partial charge in [0, 0.05) is 0 Å². The molecule has 1 N–H and O–H groups in total. The Balaban J connectivity index is 0.00000136. The highest BCUT2D eigenvalue weighted by Crippen LogP contribution is 2.28. The zero-order valence-electron chi connectivity index (χ0n) is 23.3. The highest BCUT2D eigenvalue weighted by Gasteiger charge is 2.49. The molecule has 0 radical (unpaired) electrons. The van der Waals surface area contributed by atoms with Gasteiger partial charge in [0.25, 0.3) is 0 Å². The standard InChI is InChI=1S/C26H7BF15.C3H9N/c1-2-7-4-3-5-8(6-7)27(9-12(28)18(34)24(40)19(35)13(9)29,10-14(30)20(36)25(41)21(37)15(10)31)11-16(32)22(38)26(42)23(39)17(11)33;1-4(2)3/h2-6H,1H2;1-3H3/q-1;/p+1. The third-order valence-corrected chi connectivity index (χ3v) is 6.68. The molecule has 4 rings (SSSR count). The Morgan fingerprint density at radius 3 is 0.935 bits per heavy atom. The van der Waals surface area contributed by atoms with Crippen LogP contribution in [0.3, 0.4) is 0 Å². The first-order chi connectivity index (χ1) is 21.3. The van der Waals surface area contributed by atoms with Crippen molar-refractivity contribution in [3.63, 3.8) is 0 Å². The van der Waals surface area contributed by atoms with Gasteiger partial charge in [0.15, 0.2) is 52.4 Å². The van der Waals surface area contributed by atoms with E-state index in [0.29, 0.717) is 12.1 Å². The average Bonchev–Trinajstić information content (AvgIpc) is 3.02. The fourth-order valence-corrected chi connectivity index (χ4v) is 4.89. The summed E-state index contributed by atoms with van der Waals surface area (Å²) in [4.78, 5) is 1.42. The van der Waals surface area contributed by atoms with E-state index in [1.165, 1.54) is 4.90 Å². The Hall–Kier alpha value is -4.41. The lowest BCUT2D eigenvalue weighted by atomic mass is 9.12. The van der Waals surface area contributed by atoms with Crippen LogP contribution >= 0.6 is 0 Å². The number of hydrogen-bond acceptors (Lipinski definition) is 0. The molecule has 46 heavy (non-hydrogen) atoms. The molecular formula is C29H17BF15N. The largest absolute Gasteiger partial charge is 0.342 e. The Kier molecular flexibility index (Phi) is 10.3. The van der Waals surface area contributed by atoms with Gasteiger partial charge in [0.05, 0.1) is 21.1 Å². The molecule has 0 bridgehead atoms. The number of rotatable bonds is 5. The van der Waals surface area contributed by atoms with Gasteiger partial charge in [0.1, 0.15) is 41.0 Å². The first kappa shape index (κ1) is 36.1. The van der Waals surface area contributed by atoms with Crippen molar-refractivity contribution in [2.75, 3.05) is 21.1 Å². The lowest BCUT2D eigenvalue weighted by Crippen LogP contribution is -3.02. The lowest BCUT2D eigenvalue weighted by molar-refractivity contribution is -0.836. The van der Waals surface area contributed by atoms with Gasteiger partial charge in [-0.25, -0.2) is 65.9 Å². The summed E-state index contributed by atoms with van der Waals surface area (Å²) in [6.07, 6.45) is -4.97. The molecule has 0 unspecified atom stereocenters. The Morgan fingerprint density at radius 2 is 0.696 bits per heavy atom. The third-order valence-electron chi connectivity index (χ3n) is 6.68. The summed E-state index contributed by atoms with van der Waals surface area (Å²) in [6, 6.07) is 2.54. The van der Waals surface area contributed by atoms with E-state index < -0.39 is 115 Å². The molecule has 0 aliphatic carbocycles. The lowest BCUT2D eigenvalue weighted by Gasteiger charge is -2.44. The Morgan fingerprint density at radius 1 is 0.457 bits per heavy atom. The molecule has 246 valence electrons. The molecule has 0 saturated heterocycles. The first-order valence-corrected chi connectivity index (χ1v) is 12.5. The smallest absolute Gasteiger partial charge is 0.200 e. The van der Waals surface area contributed by atoms with E-state index in [2.05, 4.69) is 27.7 Å². The van der Waals surface area contributed by atoms with Gasteiger partial charge >= 0.3 is 0 Å². The predicted molar refractivity (Wildman–Crippen MR) is 138 cm³/mol. The fourth-order valence-electron chi connectivity index (χ4n) is 4.89. The normalized spacial score (nSPS) is 11.5. The minimum Gasteiger partial charge on any atom is -0.342 e. The third kappa shape index (κ3) is 5.50. The maximum Gasteiger partial charge on any atom is 0.200 e. The number of quaternary nitrogens is 1. The second-order valence-corrected chi connectivity index (χ2v) is 10.2. The van der Waals surface area contributed by atoms with Crippen LogP contribution in [-0.2, 0) is 0 Å². The van der Waals surface area contributed by atoms with Crippen molar-refractivity contribution in [2.24, 2.45) is 0 Å². The number of nitrogens with one attached hydrogen (secondary N) is 1. The monoisotopic (exact) mass is 675 g/mol. The van der Waals surface area contributed by atoms with Gasteiger partial charge < -0.3 is 4.90 Å². The highest BCUT2D eigenvalue weighted by atomic mass is 19.2. The summed E-state index contributed by atoms with van der Waals surface area (Å²) >= 11 is 0. The summed E-state index contributed by atoms with van der Waals surface area (Å²) in [5.41, 5.74) is -9.87. The molecule has 0 fully saturated rings. The molecule has 0 aliphatic rings. The molecule has 1 nitrogen and oxygen atoms in total. The van der Waals surface area contributed by atoms with Crippen LogP contribution in [0.2, 0.25) is 0 Å². The van der Waals surface area contributed by atoms with Crippen molar-refractivity contribution in [3.8, 4) is 0 Å². The van der Waals surface area contributed by atoms with Crippen molar-refractivity contribution < 1.29 is 70.8 Å². The molecule has 4 aromatic rings. The van der Waals surface area contributed by atoms with Gasteiger partial charge in [0.2, 0.25) is 0 Å². The number of halogens is 15. The van der Waals surface area contributed by atoms with E-state index >= 15 is 26.3 Å². The van der Waals surface area contributed by atoms with Gasteiger partial charge in [-0.3, -0.25) is 0 Å². The second kappa shape index (κ2) is 13.1. The number of benzene rings is 4. The van der Waals surface area contributed by atoms with Crippen LogP contribution in [0.5, 0.6) is 0 Å². The molecule has 4 aromatic carbocycles. The summed E-state index contributed by atoms with van der Waals surface area (Å²) in [5, 5.41) is 0. The molecule has 0 amide bonds. The Bertz CT molecular complexity index is 1620. The SMILES string of the molecule is C=Cc1cccc([B-](c2c(F)c(F)c(F)c(F)c2F)(c2c(F)c(F)c(F)c(F)c2F)c2c(F)c(F)c(F)c(F)c2F)c1.C[NH+](C)C. The van der Waals surface area contributed by atoms with Gasteiger partial charge in [-0.15, -0.1) is 16.4 Å². The van der Waals surface area contributed by atoms with Crippen molar-refractivity contribution >= 4 is 34.1 Å². The van der Waals surface area contributed by atoms with E-state index in [9.17, 15) is 39.5 Å². The topological polar surface area (TPSA) is 4.44 Å². The quantitative estimate of drug-likeness (QED) is 0.137. The summed E-state index contributed by atoms with van der Waals surface area (Å²) < 4.78 is 222. The molecule has 0 spiro atoms. The maximum absolute atomic E-state index is 15.5.